The van der Waals surface area contributed by atoms with Gasteiger partial charge < -0.3 is 9.64 Å². The van der Waals surface area contributed by atoms with Gasteiger partial charge in [-0.25, -0.2) is 0 Å². The predicted octanol–water partition coefficient (Wildman–Crippen LogP) is 4.90. The van der Waals surface area contributed by atoms with Crippen LogP contribution < -0.4 is 4.74 Å². The summed E-state index contributed by atoms with van der Waals surface area (Å²) in [5.41, 5.74) is -0.377. The lowest BCUT2D eigenvalue weighted by molar-refractivity contribution is -0.385. The van der Waals surface area contributed by atoms with Crippen molar-refractivity contribution in [2.75, 3.05) is 20.6 Å². The number of halogens is 3. The first-order valence-electron chi connectivity index (χ1n) is 7.94. The molecule has 0 radical (unpaired) electrons. The Labute approximate surface area is 149 Å². The number of benzene rings is 2. The quantitative estimate of drug-likeness (QED) is 0.515. The third kappa shape index (κ3) is 5.45. The molecule has 0 fully saturated rings. The summed E-state index contributed by atoms with van der Waals surface area (Å²) in [5.74, 6) is -0.200. The van der Waals surface area contributed by atoms with Crippen LogP contribution in [-0.4, -0.2) is 30.5 Å². The topological polar surface area (TPSA) is 55.6 Å². The molecule has 0 unspecified atom stereocenters. The Morgan fingerprint density at radius 2 is 1.88 bits per heavy atom. The number of nitrogens with zero attached hydrogens (tertiary/aromatic N) is 2. The maximum absolute atomic E-state index is 12.8. The van der Waals surface area contributed by atoms with E-state index in [1.165, 1.54) is 24.3 Å². The van der Waals surface area contributed by atoms with Crippen LogP contribution in [0.15, 0.2) is 42.5 Å². The second kappa shape index (κ2) is 8.18. The molecular formula is C18H19F3N2O3. The van der Waals surface area contributed by atoms with Crippen LogP contribution in [0.2, 0.25) is 0 Å². The average Bonchev–Trinajstić information content (AvgIpc) is 2.55. The Morgan fingerprint density at radius 1 is 1.15 bits per heavy atom. The van der Waals surface area contributed by atoms with Crippen molar-refractivity contribution in [3.8, 4) is 11.5 Å². The first kappa shape index (κ1) is 19.7. The van der Waals surface area contributed by atoms with Crippen LogP contribution in [0.3, 0.4) is 0 Å². The van der Waals surface area contributed by atoms with Gasteiger partial charge in [0.05, 0.1) is 10.5 Å². The fourth-order valence-electron chi connectivity index (χ4n) is 2.41. The maximum Gasteiger partial charge on any atom is 0.416 e. The molecule has 0 aliphatic carbocycles. The molecule has 0 saturated heterocycles. The lowest BCUT2D eigenvalue weighted by atomic mass is 10.1. The summed E-state index contributed by atoms with van der Waals surface area (Å²) < 4.78 is 43.7. The van der Waals surface area contributed by atoms with Crippen LogP contribution in [0.25, 0.3) is 0 Å². The number of rotatable bonds is 7. The van der Waals surface area contributed by atoms with Crippen LogP contribution >= 0.6 is 0 Å². The zero-order valence-electron chi connectivity index (χ0n) is 14.4. The van der Waals surface area contributed by atoms with Crippen LogP contribution in [0, 0.1) is 10.1 Å². The van der Waals surface area contributed by atoms with Crippen LogP contribution in [0.4, 0.5) is 18.9 Å². The smallest absolute Gasteiger partial charge is 0.416 e. The summed E-state index contributed by atoms with van der Waals surface area (Å²) in [7, 11) is 3.88. The van der Waals surface area contributed by atoms with Crippen molar-refractivity contribution in [3.05, 3.63) is 63.7 Å². The van der Waals surface area contributed by atoms with Gasteiger partial charge in [0, 0.05) is 6.07 Å². The summed E-state index contributed by atoms with van der Waals surface area (Å²) in [5, 5.41) is 11.3. The van der Waals surface area contributed by atoms with Crippen molar-refractivity contribution < 1.29 is 22.8 Å². The van der Waals surface area contributed by atoms with E-state index in [0.29, 0.717) is 6.42 Å². The molecule has 8 heteroatoms. The van der Waals surface area contributed by atoms with Gasteiger partial charge in [0.2, 0.25) is 5.75 Å². The lowest BCUT2D eigenvalue weighted by Gasteiger charge is -2.11. The van der Waals surface area contributed by atoms with E-state index in [4.69, 9.17) is 4.74 Å². The Bertz CT molecular complexity index is 777. The first-order chi connectivity index (χ1) is 12.2. The molecule has 0 aliphatic rings. The minimum atomic E-state index is -4.51. The molecule has 0 atom stereocenters. The first-order valence-corrected chi connectivity index (χ1v) is 7.94. The zero-order valence-corrected chi connectivity index (χ0v) is 14.4. The van der Waals surface area contributed by atoms with Gasteiger partial charge in [-0.2, -0.15) is 13.2 Å². The van der Waals surface area contributed by atoms with E-state index < -0.39 is 16.7 Å². The van der Waals surface area contributed by atoms with Gasteiger partial charge in [0.25, 0.3) is 0 Å². The van der Waals surface area contributed by atoms with Crippen molar-refractivity contribution in [3.63, 3.8) is 0 Å². The molecule has 5 nitrogen and oxygen atoms in total. The van der Waals surface area contributed by atoms with Crippen LogP contribution in [-0.2, 0) is 12.6 Å². The summed E-state index contributed by atoms with van der Waals surface area (Å²) in [4.78, 5) is 12.7. The van der Waals surface area contributed by atoms with E-state index >= 15 is 0 Å². The molecule has 2 rings (SSSR count). The predicted molar refractivity (Wildman–Crippen MR) is 91.5 cm³/mol. The van der Waals surface area contributed by atoms with E-state index in [9.17, 15) is 23.3 Å². The van der Waals surface area contributed by atoms with E-state index in [0.717, 1.165) is 30.7 Å². The minimum Gasteiger partial charge on any atom is -0.450 e. The van der Waals surface area contributed by atoms with Gasteiger partial charge in [-0.05, 0) is 63.3 Å². The molecule has 2 aromatic rings. The Balaban J connectivity index is 2.22. The summed E-state index contributed by atoms with van der Waals surface area (Å²) in [6.07, 6.45) is -3.03. The molecule has 0 N–H and O–H groups in total. The molecule has 0 spiro atoms. The van der Waals surface area contributed by atoms with E-state index in [-0.39, 0.29) is 17.2 Å². The molecule has 0 aliphatic heterocycles. The molecule has 0 amide bonds. The van der Waals surface area contributed by atoms with Crippen molar-refractivity contribution in [2.24, 2.45) is 0 Å². The highest BCUT2D eigenvalue weighted by atomic mass is 19.4. The second-order valence-electron chi connectivity index (χ2n) is 6.09. The molecular weight excluding hydrogens is 349 g/mol. The average molecular weight is 368 g/mol. The highest BCUT2D eigenvalue weighted by Gasteiger charge is 2.30. The Kier molecular flexibility index (Phi) is 6.20. The fraction of sp³-hybridized carbons (Fsp3) is 0.333. The fourth-order valence-corrected chi connectivity index (χ4v) is 2.41. The Morgan fingerprint density at radius 3 is 2.50 bits per heavy atom. The van der Waals surface area contributed by atoms with Gasteiger partial charge in [0.15, 0.2) is 0 Å². The van der Waals surface area contributed by atoms with Crippen molar-refractivity contribution in [1.82, 2.24) is 4.90 Å². The largest absolute Gasteiger partial charge is 0.450 e. The summed E-state index contributed by atoms with van der Waals surface area (Å²) in [6.45, 7) is 0.844. The van der Waals surface area contributed by atoms with Gasteiger partial charge in [-0.15, -0.1) is 0 Å². The number of alkyl halides is 3. The molecule has 140 valence electrons. The van der Waals surface area contributed by atoms with Crippen molar-refractivity contribution in [2.45, 2.75) is 19.0 Å². The van der Waals surface area contributed by atoms with Gasteiger partial charge in [-0.1, -0.05) is 12.1 Å². The number of nitro groups is 1. The van der Waals surface area contributed by atoms with Gasteiger partial charge in [0.1, 0.15) is 5.75 Å². The molecule has 0 heterocycles. The zero-order chi connectivity index (χ0) is 19.3. The number of nitro benzene ring substituents is 1. The molecule has 0 bridgehead atoms. The summed E-state index contributed by atoms with van der Waals surface area (Å²) >= 11 is 0. The minimum absolute atomic E-state index is 0.0920. The molecule has 26 heavy (non-hydrogen) atoms. The third-order valence-corrected chi connectivity index (χ3v) is 3.68. The lowest BCUT2D eigenvalue weighted by Crippen LogP contribution is -2.13. The number of aryl methyl sites for hydroxylation is 1. The van der Waals surface area contributed by atoms with E-state index in [2.05, 4.69) is 0 Å². The highest BCUT2D eigenvalue weighted by Crippen LogP contribution is 2.35. The van der Waals surface area contributed by atoms with Crippen molar-refractivity contribution >= 4 is 5.69 Å². The number of ether oxygens (including phenoxy) is 1. The number of hydrogen-bond acceptors (Lipinski definition) is 4. The van der Waals surface area contributed by atoms with Crippen LogP contribution in [0.1, 0.15) is 17.5 Å². The number of hydrogen-bond donors (Lipinski definition) is 0. The van der Waals surface area contributed by atoms with Gasteiger partial charge >= 0.3 is 11.9 Å². The monoisotopic (exact) mass is 368 g/mol. The Hall–Kier alpha value is -2.61. The SMILES string of the molecule is CN(C)CCCc1ccc(Oc2cccc(C(F)(F)F)c2)c([N+](=O)[O-])c1. The molecule has 0 saturated carbocycles. The third-order valence-electron chi connectivity index (χ3n) is 3.68. The normalized spacial score (nSPS) is 11.6. The standard InChI is InChI=1S/C18H19F3N2O3/c1-22(2)10-4-5-13-8-9-17(16(11-13)23(24)25)26-15-7-3-6-14(12-15)18(19,20)21/h3,6-9,11-12H,4-5,10H2,1-2H3. The van der Waals surface area contributed by atoms with Crippen LogP contribution in [0.5, 0.6) is 11.5 Å². The molecule has 2 aromatic carbocycles. The second-order valence-corrected chi connectivity index (χ2v) is 6.09. The van der Waals surface area contributed by atoms with E-state index in [1.54, 1.807) is 6.07 Å². The maximum atomic E-state index is 12.8. The van der Waals surface area contributed by atoms with E-state index in [1.807, 2.05) is 19.0 Å². The molecule has 0 aromatic heterocycles. The highest BCUT2D eigenvalue weighted by molar-refractivity contribution is 5.51. The van der Waals surface area contributed by atoms with Crippen molar-refractivity contribution in [1.29, 1.82) is 0 Å². The van der Waals surface area contributed by atoms with Gasteiger partial charge in [-0.3, -0.25) is 10.1 Å². The summed E-state index contributed by atoms with van der Waals surface area (Å²) in [6, 6.07) is 8.75.